The summed E-state index contributed by atoms with van der Waals surface area (Å²) in [4.78, 5) is 13.2. The maximum absolute atomic E-state index is 9.06. The molecule has 0 amide bonds. The molecule has 0 spiro atoms. The molecule has 2 aromatic heterocycles. The number of aliphatic hydroxyl groups is 1. The highest BCUT2D eigenvalue weighted by Gasteiger charge is 2.19. The number of hydrogen-bond donors (Lipinski definition) is 2. The molecule has 30 heavy (non-hydrogen) atoms. The van der Waals surface area contributed by atoms with Gasteiger partial charge in [0.25, 0.3) is 6.01 Å². The number of fused-ring (bicyclic) bond motifs is 1. The lowest BCUT2D eigenvalue weighted by Gasteiger charge is -2.13. The van der Waals surface area contributed by atoms with Crippen LogP contribution >= 0.6 is 0 Å². The van der Waals surface area contributed by atoms with Crippen molar-refractivity contribution in [1.29, 1.82) is 0 Å². The molecule has 0 unspecified atom stereocenters. The van der Waals surface area contributed by atoms with Gasteiger partial charge in [-0.2, -0.15) is 15.0 Å². The number of aryl methyl sites for hydroxylation is 1. The van der Waals surface area contributed by atoms with Crippen LogP contribution in [0.4, 0.5) is 5.82 Å². The molecular formula is C21H29N5O4. The third-order valence-electron chi connectivity index (χ3n) is 4.78. The van der Waals surface area contributed by atoms with Crippen LogP contribution in [-0.2, 0) is 13.0 Å². The van der Waals surface area contributed by atoms with E-state index in [1.807, 2.05) is 22.8 Å². The summed E-state index contributed by atoms with van der Waals surface area (Å²) in [6, 6.07) is 6.62. The molecule has 0 bridgehead atoms. The molecule has 0 aliphatic carbocycles. The van der Waals surface area contributed by atoms with E-state index in [4.69, 9.17) is 25.1 Å². The molecule has 162 valence electrons. The lowest BCUT2D eigenvalue weighted by molar-refractivity contribution is 0.286. The molecule has 0 saturated heterocycles. The van der Waals surface area contributed by atoms with E-state index in [0.717, 1.165) is 36.1 Å². The van der Waals surface area contributed by atoms with E-state index < -0.39 is 0 Å². The van der Waals surface area contributed by atoms with Crippen molar-refractivity contribution in [1.82, 2.24) is 19.5 Å². The Morgan fingerprint density at radius 1 is 1.10 bits per heavy atom. The Kier molecular flexibility index (Phi) is 7.29. The molecule has 3 N–H and O–H groups in total. The predicted molar refractivity (Wildman–Crippen MR) is 114 cm³/mol. The van der Waals surface area contributed by atoms with E-state index in [9.17, 15) is 0 Å². The number of nitrogens with two attached hydrogens (primary N) is 1. The summed E-state index contributed by atoms with van der Waals surface area (Å²) in [5, 5.41) is 9.06. The monoisotopic (exact) mass is 415 g/mol. The number of nitrogens with zero attached hydrogens (tertiary/aromatic N) is 4. The zero-order valence-corrected chi connectivity index (χ0v) is 17.7. The van der Waals surface area contributed by atoms with Crippen LogP contribution < -0.4 is 19.9 Å². The van der Waals surface area contributed by atoms with Gasteiger partial charge in [-0.05, 0) is 30.9 Å². The minimum absolute atomic E-state index is 0.159. The zero-order valence-electron chi connectivity index (χ0n) is 17.7. The maximum Gasteiger partial charge on any atom is 0.320 e. The summed E-state index contributed by atoms with van der Waals surface area (Å²) >= 11 is 0. The Labute approximate surface area is 175 Å². The average molecular weight is 415 g/mol. The third-order valence-corrected chi connectivity index (χ3v) is 4.78. The molecule has 0 aliphatic heterocycles. The molecular weight excluding hydrogens is 386 g/mol. The van der Waals surface area contributed by atoms with Crippen molar-refractivity contribution in [3.8, 4) is 17.8 Å². The molecule has 0 radical (unpaired) electrons. The summed E-state index contributed by atoms with van der Waals surface area (Å²) in [7, 11) is 3.19. The van der Waals surface area contributed by atoms with Crippen molar-refractivity contribution in [2.24, 2.45) is 0 Å². The Bertz CT molecular complexity index is 989. The van der Waals surface area contributed by atoms with Crippen LogP contribution in [0, 0.1) is 0 Å². The van der Waals surface area contributed by atoms with Crippen molar-refractivity contribution in [2.75, 3.05) is 33.2 Å². The Morgan fingerprint density at radius 2 is 1.93 bits per heavy atom. The first-order valence-corrected chi connectivity index (χ1v) is 10.1. The Hall–Kier alpha value is -3.07. The Balaban J connectivity index is 1.98. The van der Waals surface area contributed by atoms with E-state index in [-0.39, 0.29) is 18.4 Å². The van der Waals surface area contributed by atoms with E-state index >= 15 is 0 Å². The summed E-state index contributed by atoms with van der Waals surface area (Å²) < 4.78 is 18.5. The molecule has 9 nitrogen and oxygen atoms in total. The van der Waals surface area contributed by atoms with Gasteiger partial charge in [-0.3, -0.25) is 4.57 Å². The molecule has 0 atom stereocenters. The number of unbranched alkanes of at least 4 members (excludes halogenated alkanes) is 1. The molecule has 0 fully saturated rings. The van der Waals surface area contributed by atoms with Crippen LogP contribution in [0.15, 0.2) is 18.2 Å². The first-order valence-electron chi connectivity index (χ1n) is 10.1. The maximum atomic E-state index is 9.06. The highest BCUT2D eigenvalue weighted by Crippen LogP contribution is 2.29. The highest BCUT2D eigenvalue weighted by atomic mass is 16.5. The highest BCUT2D eigenvalue weighted by molar-refractivity contribution is 5.83. The van der Waals surface area contributed by atoms with E-state index in [1.54, 1.807) is 14.2 Å². The van der Waals surface area contributed by atoms with E-state index in [2.05, 4.69) is 21.9 Å². The quantitative estimate of drug-likeness (QED) is 0.459. The van der Waals surface area contributed by atoms with Gasteiger partial charge in [0, 0.05) is 12.2 Å². The molecule has 3 aromatic rings. The van der Waals surface area contributed by atoms with Crippen molar-refractivity contribution >= 4 is 17.0 Å². The fourth-order valence-corrected chi connectivity index (χ4v) is 3.18. The lowest BCUT2D eigenvalue weighted by Crippen LogP contribution is -2.08. The number of aliphatic hydroxyl groups excluding tert-OH is 1. The number of aromatic nitrogens is 4. The number of imidazole rings is 1. The summed E-state index contributed by atoms with van der Waals surface area (Å²) in [5.74, 6) is 0.991. The van der Waals surface area contributed by atoms with E-state index in [1.165, 1.54) is 0 Å². The smallest absolute Gasteiger partial charge is 0.320 e. The second-order valence-electron chi connectivity index (χ2n) is 6.92. The van der Waals surface area contributed by atoms with Gasteiger partial charge in [0.05, 0.1) is 27.4 Å². The van der Waals surface area contributed by atoms with Gasteiger partial charge in [-0.1, -0.05) is 25.5 Å². The fraction of sp³-hybridized carbons (Fsp3) is 0.476. The van der Waals surface area contributed by atoms with Crippen molar-refractivity contribution in [3.05, 3.63) is 29.3 Å². The standard InChI is InChI=1S/C21H29N5O4/c1-4-5-11-30-20-24-18(22)17-19(25-20)26(21(23-17)29-3)13-15-9-8-14(7-6-10-27)12-16(15)28-2/h8-9,12,27H,4-7,10-11,13H2,1-3H3,(H2,22,24,25). The first kappa shape index (κ1) is 21.6. The SMILES string of the molecule is CCCCOc1nc(N)c2nc(OC)n(Cc3ccc(CCCO)cc3OC)c2n1. The normalized spacial score (nSPS) is 11.1. The number of ether oxygens (including phenoxy) is 3. The number of nitrogen functional groups attached to an aromatic ring is 1. The van der Waals surface area contributed by atoms with Crippen LogP contribution in [0.2, 0.25) is 0 Å². The van der Waals surface area contributed by atoms with Crippen LogP contribution in [0.5, 0.6) is 17.8 Å². The van der Waals surface area contributed by atoms with Crippen molar-refractivity contribution in [3.63, 3.8) is 0 Å². The largest absolute Gasteiger partial charge is 0.496 e. The van der Waals surface area contributed by atoms with Crippen LogP contribution in [0.25, 0.3) is 11.2 Å². The summed E-state index contributed by atoms with van der Waals surface area (Å²) in [6.45, 7) is 3.19. The topological polar surface area (TPSA) is 118 Å². The molecule has 2 heterocycles. The Morgan fingerprint density at radius 3 is 2.63 bits per heavy atom. The van der Waals surface area contributed by atoms with Gasteiger partial charge in [-0.15, -0.1) is 0 Å². The van der Waals surface area contributed by atoms with E-state index in [0.29, 0.717) is 36.7 Å². The van der Waals surface area contributed by atoms with Crippen molar-refractivity contribution < 1.29 is 19.3 Å². The second-order valence-corrected chi connectivity index (χ2v) is 6.92. The van der Waals surface area contributed by atoms with Crippen LogP contribution in [0.3, 0.4) is 0 Å². The number of benzene rings is 1. The number of rotatable bonds is 11. The van der Waals surface area contributed by atoms with Gasteiger partial charge < -0.3 is 25.1 Å². The van der Waals surface area contributed by atoms with Gasteiger partial charge >= 0.3 is 6.01 Å². The zero-order chi connectivity index (χ0) is 21.5. The van der Waals surface area contributed by atoms with Gasteiger partial charge in [-0.25, -0.2) is 0 Å². The van der Waals surface area contributed by atoms with Gasteiger partial charge in [0.1, 0.15) is 5.75 Å². The number of anilines is 1. The molecule has 0 saturated carbocycles. The predicted octanol–water partition coefficient (Wildman–Crippen LogP) is 2.58. The average Bonchev–Trinajstić information content (AvgIpc) is 3.11. The minimum Gasteiger partial charge on any atom is -0.496 e. The molecule has 0 aliphatic rings. The summed E-state index contributed by atoms with van der Waals surface area (Å²) in [5.41, 5.74) is 9.15. The number of methoxy groups -OCH3 is 2. The molecule has 1 aromatic carbocycles. The summed E-state index contributed by atoms with van der Waals surface area (Å²) in [6.07, 6.45) is 3.41. The fourth-order valence-electron chi connectivity index (χ4n) is 3.18. The molecule has 3 rings (SSSR count). The first-order chi connectivity index (χ1) is 14.6. The third kappa shape index (κ3) is 4.73. The van der Waals surface area contributed by atoms with Gasteiger partial charge in [0.15, 0.2) is 17.0 Å². The number of hydrogen-bond acceptors (Lipinski definition) is 8. The van der Waals surface area contributed by atoms with Crippen LogP contribution in [0.1, 0.15) is 37.3 Å². The van der Waals surface area contributed by atoms with Crippen LogP contribution in [-0.4, -0.2) is 52.1 Å². The van der Waals surface area contributed by atoms with Crippen molar-refractivity contribution in [2.45, 2.75) is 39.2 Å². The van der Waals surface area contributed by atoms with Gasteiger partial charge in [0.2, 0.25) is 0 Å². The second kappa shape index (κ2) is 10.1. The minimum atomic E-state index is 0.159. The molecule has 9 heteroatoms. The lowest BCUT2D eigenvalue weighted by atomic mass is 10.1.